The third kappa shape index (κ3) is 6.14. The van der Waals surface area contributed by atoms with Crippen molar-refractivity contribution in [2.45, 2.75) is 13.0 Å². The minimum absolute atomic E-state index is 0.164. The lowest BCUT2D eigenvalue weighted by Crippen LogP contribution is -2.27. The Labute approximate surface area is 168 Å². The van der Waals surface area contributed by atoms with E-state index in [9.17, 15) is 9.59 Å². The highest BCUT2D eigenvalue weighted by molar-refractivity contribution is 6.32. The van der Waals surface area contributed by atoms with Crippen LogP contribution in [0.5, 0.6) is 11.5 Å². The van der Waals surface area contributed by atoms with Gasteiger partial charge in [0, 0.05) is 18.4 Å². The van der Waals surface area contributed by atoms with E-state index in [1.54, 1.807) is 49.4 Å². The molecule has 1 N–H and O–H groups in total. The number of hydrogen-bond acceptors (Lipinski definition) is 6. The fraction of sp³-hybridized carbons (Fsp3) is 0.300. The van der Waals surface area contributed by atoms with Crippen molar-refractivity contribution in [2.75, 3.05) is 32.8 Å². The van der Waals surface area contributed by atoms with Crippen LogP contribution in [-0.2, 0) is 14.3 Å². The first-order valence-electron chi connectivity index (χ1n) is 8.51. The standard InChI is InChI=1S/C20H22ClNO6/c1-13(20(24)27-11-10-25-2)28-16-7-4-14(5-8-16)19(23)22-15-6-9-18(26-3)17(21)12-15/h4-9,12-13H,10-11H2,1-3H3,(H,22,23). The summed E-state index contributed by atoms with van der Waals surface area (Å²) in [6.45, 7) is 2.07. The van der Waals surface area contributed by atoms with E-state index in [2.05, 4.69) is 5.32 Å². The molecule has 2 rings (SSSR count). The predicted octanol–water partition coefficient (Wildman–Crippen LogP) is 3.56. The molecular weight excluding hydrogens is 386 g/mol. The molecule has 8 heteroatoms. The Kier molecular flexibility index (Phi) is 8.10. The summed E-state index contributed by atoms with van der Waals surface area (Å²) in [5, 5.41) is 3.15. The average molecular weight is 408 g/mol. The van der Waals surface area contributed by atoms with Crippen molar-refractivity contribution in [3.05, 3.63) is 53.1 Å². The Morgan fingerprint density at radius 2 is 1.79 bits per heavy atom. The van der Waals surface area contributed by atoms with E-state index in [4.69, 9.17) is 30.5 Å². The molecule has 0 saturated carbocycles. The summed E-state index contributed by atoms with van der Waals surface area (Å²) in [5.74, 6) is 0.173. The van der Waals surface area contributed by atoms with Gasteiger partial charge in [0.25, 0.3) is 5.91 Å². The number of anilines is 1. The maximum Gasteiger partial charge on any atom is 0.347 e. The van der Waals surface area contributed by atoms with E-state index in [-0.39, 0.29) is 12.5 Å². The van der Waals surface area contributed by atoms with Gasteiger partial charge in [0.05, 0.1) is 18.7 Å². The Balaban J connectivity index is 1.93. The first kappa shape index (κ1) is 21.5. The number of carbonyl (C=O) groups excluding carboxylic acids is 2. The maximum absolute atomic E-state index is 12.4. The largest absolute Gasteiger partial charge is 0.495 e. The van der Waals surface area contributed by atoms with E-state index in [0.717, 1.165) is 0 Å². The van der Waals surface area contributed by atoms with E-state index in [0.29, 0.717) is 34.4 Å². The first-order valence-corrected chi connectivity index (χ1v) is 8.89. The van der Waals surface area contributed by atoms with Crippen molar-refractivity contribution in [1.82, 2.24) is 0 Å². The van der Waals surface area contributed by atoms with E-state index >= 15 is 0 Å². The summed E-state index contributed by atoms with van der Waals surface area (Å²) in [4.78, 5) is 24.1. The molecule has 1 atom stereocenters. The Hall–Kier alpha value is -2.77. The topological polar surface area (TPSA) is 83.1 Å². The monoisotopic (exact) mass is 407 g/mol. The lowest BCUT2D eigenvalue weighted by Gasteiger charge is -2.14. The molecule has 2 aromatic rings. The molecule has 0 aliphatic rings. The van der Waals surface area contributed by atoms with Crippen LogP contribution in [-0.4, -0.2) is 45.4 Å². The van der Waals surface area contributed by atoms with E-state index < -0.39 is 12.1 Å². The Bertz CT molecular complexity index is 809. The molecule has 0 spiro atoms. The SMILES string of the molecule is COCCOC(=O)C(C)Oc1ccc(C(=O)Nc2ccc(OC)c(Cl)c2)cc1. The molecule has 0 bridgehead atoms. The second-order valence-electron chi connectivity index (χ2n) is 5.75. The molecule has 0 aliphatic carbocycles. The number of esters is 1. The zero-order valence-electron chi connectivity index (χ0n) is 15.9. The highest BCUT2D eigenvalue weighted by atomic mass is 35.5. The molecule has 0 radical (unpaired) electrons. The summed E-state index contributed by atoms with van der Waals surface area (Å²) in [6.07, 6.45) is -0.780. The molecule has 150 valence electrons. The zero-order valence-corrected chi connectivity index (χ0v) is 16.6. The number of halogens is 1. The highest BCUT2D eigenvalue weighted by Crippen LogP contribution is 2.27. The molecule has 2 aromatic carbocycles. The molecule has 1 amide bonds. The minimum Gasteiger partial charge on any atom is -0.495 e. The molecule has 28 heavy (non-hydrogen) atoms. The van der Waals surface area contributed by atoms with Gasteiger partial charge in [0.2, 0.25) is 0 Å². The second kappa shape index (κ2) is 10.5. The zero-order chi connectivity index (χ0) is 20.5. The average Bonchev–Trinajstić information content (AvgIpc) is 2.68. The van der Waals surface area contributed by atoms with Crippen LogP contribution >= 0.6 is 11.6 Å². The van der Waals surface area contributed by atoms with Crippen molar-refractivity contribution in [1.29, 1.82) is 0 Å². The number of amides is 1. The number of carbonyl (C=O) groups is 2. The summed E-state index contributed by atoms with van der Waals surface area (Å²) < 4.78 is 20.4. The van der Waals surface area contributed by atoms with Gasteiger partial charge in [-0.25, -0.2) is 4.79 Å². The van der Waals surface area contributed by atoms with Crippen molar-refractivity contribution >= 4 is 29.2 Å². The van der Waals surface area contributed by atoms with Crippen LogP contribution < -0.4 is 14.8 Å². The second-order valence-corrected chi connectivity index (χ2v) is 6.16. The lowest BCUT2D eigenvalue weighted by molar-refractivity contribution is -0.152. The fourth-order valence-corrected chi connectivity index (χ4v) is 2.49. The van der Waals surface area contributed by atoms with Gasteiger partial charge in [-0.15, -0.1) is 0 Å². The number of rotatable bonds is 9. The third-order valence-electron chi connectivity index (χ3n) is 3.70. The number of methoxy groups -OCH3 is 2. The smallest absolute Gasteiger partial charge is 0.347 e. The molecular formula is C20H22ClNO6. The summed E-state index contributed by atoms with van der Waals surface area (Å²) in [6, 6.07) is 11.4. The van der Waals surface area contributed by atoms with Gasteiger partial charge in [-0.1, -0.05) is 11.6 Å². The van der Waals surface area contributed by atoms with Gasteiger partial charge in [0.1, 0.15) is 18.1 Å². The molecule has 0 saturated heterocycles. The van der Waals surface area contributed by atoms with E-state index in [1.807, 2.05) is 0 Å². The van der Waals surface area contributed by atoms with Gasteiger partial charge in [-0.3, -0.25) is 4.79 Å². The third-order valence-corrected chi connectivity index (χ3v) is 4.00. The molecule has 0 aromatic heterocycles. The number of ether oxygens (including phenoxy) is 4. The van der Waals surface area contributed by atoms with Crippen LogP contribution in [0.25, 0.3) is 0 Å². The van der Waals surface area contributed by atoms with Crippen molar-refractivity contribution in [3.63, 3.8) is 0 Å². The van der Waals surface area contributed by atoms with Crippen LogP contribution in [0.15, 0.2) is 42.5 Å². The fourth-order valence-electron chi connectivity index (χ4n) is 2.23. The van der Waals surface area contributed by atoms with Crippen LogP contribution in [0.2, 0.25) is 5.02 Å². The number of hydrogen-bond donors (Lipinski definition) is 1. The normalized spacial score (nSPS) is 11.4. The Morgan fingerprint density at radius 3 is 2.39 bits per heavy atom. The van der Waals surface area contributed by atoms with Gasteiger partial charge < -0.3 is 24.3 Å². The van der Waals surface area contributed by atoms with Crippen LogP contribution in [0.4, 0.5) is 5.69 Å². The molecule has 1 unspecified atom stereocenters. The van der Waals surface area contributed by atoms with E-state index in [1.165, 1.54) is 14.2 Å². The number of nitrogens with one attached hydrogen (secondary N) is 1. The predicted molar refractivity (Wildman–Crippen MR) is 105 cm³/mol. The summed E-state index contributed by atoms with van der Waals surface area (Å²) >= 11 is 6.06. The van der Waals surface area contributed by atoms with Crippen molar-refractivity contribution in [3.8, 4) is 11.5 Å². The minimum atomic E-state index is -0.780. The number of benzene rings is 2. The molecule has 7 nitrogen and oxygen atoms in total. The van der Waals surface area contributed by atoms with Crippen LogP contribution in [0, 0.1) is 0 Å². The lowest BCUT2D eigenvalue weighted by atomic mass is 10.2. The summed E-state index contributed by atoms with van der Waals surface area (Å²) in [5.41, 5.74) is 0.971. The highest BCUT2D eigenvalue weighted by Gasteiger charge is 2.16. The van der Waals surface area contributed by atoms with Gasteiger partial charge in [-0.2, -0.15) is 0 Å². The quantitative estimate of drug-likeness (QED) is 0.505. The first-order chi connectivity index (χ1) is 13.4. The van der Waals surface area contributed by atoms with Crippen molar-refractivity contribution in [2.24, 2.45) is 0 Å². The summed E-state index contributed by atoms with van der Waals surface area (Å²) in [7, 11) is 3.04. The van der Waals surface area contributed by atoms with Crippen LogP contribution in [0.1, 0.15) is 17.3 Å². The van der Waals surface area contributed by atoms with Gasteiger partial charge >= 0.3 is 5.97 Å². The van der Waals surface area contributed by atoms with Gasteiger partial charge in [0.15, 0.2) is 6.10 Å². The van der Waals surface area contributed by atoms with Crippen molar-refractivity contribution < 1.29 is 28.5 Å². The molecule has 0 heterocycles. The molecule has 0 fully saturated rings. The molecule has 0 aliphatic heterocycles. The maximum atomic E-state index is 12.4. The van der Waals surface area contributed by atoms with Gasteiger partial charge in [-0.05, 0) is 49.4 Å². The van der Waals surface area contributed by atoms with Crippen LogP contribution in [0.3, 0.4) is 0 Å². The Morgan fingerprint density at radius 1 is 1.07 bits per heavy atom.